The topological polar surface area (TPSA) is 76.1 Å². The predicted octanol–water partition coefficient (Wildman–Crippen LogP) is 5.92. The molecule has 0 spiro atoms. The van der Waals surface area contributed by atoms with E-state index in [-0.39, 0.29) is 11.3 Å². The molecule has 3 aromatic rings. The Kier molecular flexibility index (Phi) is 7.44. The van der Waals surface area contributed by atoms with Crippen LogP contribution in [0.5, 0.6) is 11.5 Å². The van der Waals surface area contributed by atoms with Crippen LogP contribution in [0.2, 0.25) is 0 Å². The number of carbonyl (C=O) groups is 2. The minimum Gasteiger partial charge on any atom is -0.507 e. The first-order valence-corrected chi connectivity index (χ1v) is 12.1. The fourth-order valence-electron chi connectivity index (χ4n) is 4.24. The molecule has 0 saturated carbocycles. The second kappa shape index (κ2) is 10.7. The van der Waals surface area contributed by atoms with E-state index in [2.05, 4.69) is 6.92 Å². The van der Waals surface area contributed by atoms with E-state index in [0.717, 1.165) is 12.0 Å². The lowest BCUT2D eigenvalue weighted by molar-refractivity contribution is -0.132. The Hall–Kier alpha value is -4.06. The van der Waals surface area contributed by atoms with E-state index in [1.54, 1.807) is 55.6 Å². The second-order valence-corrected chi connectivity index (χ2v) is 9.19. The summed E-state index contributed by atoms with van der Waals surface area (Å²) in [5, 5.41) is 11.4. The van der Waals surface area contributed by atoms with Crippen molar-refractivity contribution in [3.63, 3.8) is 0 Å². The van der Waals surface area contributed by atoms with Crippen LogP contribution in [0.15, 0.2) is 78.4 Å². The van der Waals surface area contributed by atoms with Gasteiger partial charge in [-0.25, -0.2) is 0 Å². The highest BCUT2D eigenvalue weighted by Crippen LogP contribution is 2.42. The number of aliphatic hydroxyl groups excluding tert-OH is 1. The monoisotopic (exact) mass is 485 g/mol. The number of carbonyl (C=O) groups excluding carboxylic acids is 2. The number of aliphatic hydroxyl groups is 1. The molecule has 0 aromatic heterocycles. The lowest BCUT2D eigenvalue weighted by atomic mass is 9.95. The van der Waals surface area contributed by atoms with Crippen molar-refractivity contribution < 1.29 is 24.2 Å². The van der Waals surface area contributed by atoms with Crippen LogP contribution >= 0.6 is 0 Å². The summed E-state index contributed by atoms with van der Waals surface area (Å²) in [4.78, 5) is 28.2. The SMILES string of the molecule is CCc1ccc(N2C(=O)C(=O)/C(=C(\O)c3cccc(OCC(C)C)c3)C2c2ccc(OC)cc2)cc1. The molecule has 0 bridgehead atoms. The summed E-state index contributed by atoms with van der Waals surface area (Å²) in [7, 11) is 1.57. The van der Waals surface area contributed by atoms with Gasteiger partial charge in [0, 0.05) is 11.3 Å². The van der Waals surface area contributed by atoms with E-state index in [1.165, 1.54) is 4.90 Å². The summed E-state index contributed by atoms with van der Waals surface area (Å²) in [5.74, 6) is -0.0926. The van der Waals surface area contributed by atoms with E-state index >= 15 is 0 Å². The zero-order chi connectivity index (χ0) is 25.8. The highest BCUT2D eigenvalue weighted by atomic mass is 16.5. The number of anilines is 1. The standard InChI is InChI=1S/C30H31NO5/c1-5-20-9-13-23(14-10-20)31-27(21-11-15-24(35-4)16-12-21)26(29(33)30(31)34)28(32)22-7-6-8-25(17-22)36-18-19(2)3/h6-17,19,27,32H,5,18H2,1-4H3/b28-26-. The van der Waals surface area contributed by atoms with Gasteiger partial charge < -0.3 is 14.6 Å². The Morgan fingerprint density at radius 3 is 2.28 bits per heavy atom. The average Bonchev–Trinajstić information content (AvgIpc) is 3.17. The number of nitrogens with zero attached hydrogens (tertiary/aromatic N) is 1. The maximum absolute atomic E-state index is 13.4. The van der Waals surface area contributed by atoms with Gasteiger partial charge in [-0.3, -0.25) is 14.5 Å². The van der Waals surface area contributed by atoms with E-state index < -0.39 is 17.7 Å². The molecule has 1 aliphatic rings. The number of benzene rings is 3. The van der Waals surface area contributed by atoms with Crippen molar-refractivity contribution in [3.8, 4) is 11.5 Å². The number of amides is 1. The maximum atomic E-state index is 13.4. The largest absolute Gasteiger partial charge is 0.507 e. The lowest BCUT2D eigenvalue weighted by Crippen LogP contribution is -2.29. The van der Waals surface area contributed by atoms with Crippen molar-refractivity contribution in [2.75, 3.05) is 18.6 Å². The molecule has 6 heteroatoms. The van der Waals surface area contributed by atoms with E-state index in [0.29, 0.717) is 40.8 Å². The van der Waals surface area contributed by atoms with Crippen LogP contribution in [0.3, 0.4) is 0 Å². The van der Waals surface area contributed by atoms with E-state index in [4.69, 9.17) is 9.47 Å². The molecule has 1 atom stereocenters. The van der Waals surface area contributed by atoms with Gasteiger partial charge in [0.2, 0.25) is 0 Å². The first-order valence-electron chi connectivity index (χ1n) is 12.1. The maximum Gasteiger partial charge on any atom is 0.300 e. The molecule has 1 N–H and O–H groups in total. The summed E-state index contributed by atoms with van der Waals surface area (Å²) >= 11 is 0. The molecule has 0 aliphatic carbocycles. The third-order valence-electron chi connectivity index (χ3n) is 6.19. The van der Waals surface area contributed by atoms with Crippen LogP contribution in [0.4, 0.5) is 5.69 Å². The number of ketones is 1. The molecule has 1 unspecified atom stereocenters. The van der Waals surface area contributed by atoms with Crippen molar-refractivity contribution in [2.45, 2.75) is 33.2 Å². The molecule has 6 nitrogen and oxygen atoms in total. The fraction of sp³-hybridized carbons (Fsp3) is 0.267. The molecule has 1 saturated heterocycles. The molecule has 1 heterocycles. The number of hydrogen-bond donors (Lipinski definition) is 1. The zero-order valence-electron chi connectivity index (χ0n) is 21.0. The molecular formula is C30H31NO5. The predicted molar refractivity (Wildman–Crippen MR) is 140 cm³/mol. The number of Topliss-reactive ketones (excluding diaryl/α,β-unsaturated/α-hetero) is 1. The summed E-state index contributed by atoms with van der Waals surface area (Å²) in [6.07, 6.45) is 0.857. The van der Waals surface area contributed by atoms with Crippen LogP contribution in [-0.2, 0) is 16.0 Å². The summed E-state index contributed by atoms with van der Waals surface area (Å²) < 4.78 is 11.1. The summed E-state index contributed by atoms with van der Waals surface area (Å²) in [6.45, 7) is 6.67. The quantitative estimate of drug-likeness (QED) is 0.244. The summed E-state index contributed by atoms with van der Waals surface area (Å²) in [6, 6.07) is 20.8. The van der Waals surface area contributed by atoms with Gasteiger partial charge >= 0.3 is 0 Å². The van der Waals surface area contributed by atoms with Crippen LogP contribution in [0.25, 0.3) is 5.76 Å². The van der Waals surface area contributed by atoms with Crippen LogP contribution in [0.1, 0.15) is 43.5 Å². The van der Waals surface area contributed by atoms with Gasteiger partial charge in [0.05, 0.1) is 25.3 Å². The van der Waals surface area contributed by atoms with Crippen molar-refractivity contribution in [1.29, 1.82) is 0 Å². The highest BCUT2D eigenvalue weighted by Gasteiger charge is 2.47. The van der Waals surface area contributed by atoms with E-state index in [9.17, 15) is 14.7 Å². The fourth-order valence-corrected chi connectivity index (χ4v) is 4.24. The Morgan fingerprint density at radius 2 is 1.67 bits per heavy atom. The molecule has 1 aliphatic heterocycles. The molecule has 1 amide bonds. The van der Waals surface area contributed by atoms with Crippen LogP contribution < -0.4 is 14.4 Å². The van der Waals surface area contributed by atoms with Gasteiger partial charge in [-0.05, 0) is 59.9 Å². The summed E-state index contributed by atoms with van der Waals surface area (Å²) in [5.41, 5.74) is 2.83. The third kappa shape index (κ3) is 4.98. The number of hydrogen-bond acceptors (Lipinski definition) is 5. The first kappa shape index (κ1) is 25.0. The van der Waals surface area contributed by atoms with Gasteiger partial charge in [-0.1, -0.05) is 57.2 Å². The molecule has 186 valence electrons. The first-order chi connectivity index (χ1) is 17.3. The molecule has 1 fully saturated rings. The van der Waals surface area contributed by atoms with Crippen LogP contribution in [0, 0.1) is 5.92 Å². The Labute approximate surface area is 211 Å². The third-order valence-corrected chi connectivity index (χ3v) is 6.19. The van der Waals surface area contributed by atoms with Gasteiger partial charge in [-0.15, -0.1) is 0 Å². The molecule has 3 aromatic carbocycles. The normalized spacial score (nSPS) is 17.0. The highest BCUT2D eigenvalue weighted by molar-refractivity contribution is 6.51. The van der Waals surface area contributed by atoms with Gasteiger partial charge in [0.1, 0.15) is 17.3 Å². The van der Waals surface area contributed by atoms with Crippen LogP contribution in [-0.4, -0.2) is 30.5 Å². The van der Waals surface area contributed by atoms with Crippen molar-refractivity contribution in [1.82, 2.24) is 0 Å². The number of rotatable bonds is 8. The Bertz CT molecular complexity index is 1280. The molecular weight excluding hydrogens is 454 g/mol. The van der Waals surface area contributed by atoms with E-state index in [1.807, 2.05) is 38.1 Å². The van der Waals surface area contributed by atoms with Crippen molar-refractivity contribution in [2.24, 2.45) is 5.92 Å². The van der Waals surface area contributed by atoms with Gasteiger partial charge in [0.25, 0.3) is 11.7 Å². The van der Waals surface area contributed by atoms with Gasteiger partial charge in [-0.2, -0.15) is 0 Å². The Balaban J connectivity index is 1.84. The molecule has 0 radical (unpaired) electrons. The zero-order valence-corrected chi connectivity index (χ0v) is 21.0. The second-order valence-electron chi connectivity index (χ2n) is 9.19. The van der Waals surface area contributed by atoms with Crippen molar-refractivity contribution in [3.05, 3.63) is 95.1 Å². The lowest BCUT2D eigenvalue weighted by Gasteiger charge is -2.25. The number of aryl methyl sites for hydroxylation is 1. The Morgan fingerprint density at radius 1 is 0.972 bits per heavy atom. The minimum atomic E-state index is -0.802. The molecule has 4 rings (SSSR count). The van der Waals surface area contributed by atoms with Gasteiger partial charge in [0.15, 0.2) is 0 Å². The molecule has 36 heavy (non-hydrogen) atoms. The minimum absolute atomic E-state index is 0.0331. The number of ether oxygens (including phenoxy) is 2. The average molecular weight is 486 g/mol. The van der Waals surface area contributed by atoms with Crippen molar-refractivity contribution >= 4 is 23.1 Å². The smallest absolute Gasteiger partial charge is 0.300 e. The number of methoxy groups -OCH3 is 1.